The lowest BCUT2D eigenvalue weighted by Crippen LogP contribution is -1.97. The summed E-state index contributed by atoms with van der Waals surface area (Å²) in [5, 5.41) is 9.80. The smallest absolute Gasteiger partial charge is 0.308 e. The van der Waals surface area contributed by atoms with Gasteiger partial charge in [0.25, 0.3) is 0 Å². The van der Waals surface area contributed by atoms with E-state index < -0.39 is 11.1 Å². The molecule has 0 bridgehead atoms. The monoisotopic (exact) mass is 251 g/mol. The zero-order chi connectivity index (χ0) is 10.7. The van der Waals surface area contributed by atoms with Crippen LogP contribution >= 0.6 is 35.2 Å². The average Bonchev–Trinajstić information content (AvgIpc) is 2.32. The molecule has 7 heteroatoms. The Balaban J connectivity index is 3.16. The standard InChI is InChI=1S/C7H3ClFNO2S2/c8-5-3(1-4(11)12)14-7(9)6(5)10-2-13/h1H2,(H,11,12). The zero-order valence-corrected chi connectivity index (χ0v) is 8.97. The summed E-state index contributed by atoms with van der Waals surface area (Å²) in [4.78, 5) is 14.0. The Morgan fingerprint density at radius 2 is 2.43 bits per heavy atom. The fraction of sp³-hybridized carbons (Fsp3) is 0.143. The van der Waals surface area contributed by atoms with Crippen LogP contribution in [0, 0.1) is 5.13 Å². The lowest BCUT2D eigenvalue weighted by Gasteiger charge is -1.90. The molecule has 74 valence electrons. The highest BCUT2D eigenvalue weighted by atomic mass is 35.5. The molecule has 0 aromatic carbocycles. The Kier molecular flexibility index (Phi) is 3.71. The van der Waals surface area contributed by atoms with Gasteiger partial charge < -0.3 is 5.11 Å². The Labute approximate surface area is 92.8 Å². The predicted octanol–water partition coefficient (Wildman–Crippen LogP) is 2.90. The van der Waals surface area contributed by atoms with Crippen molar-refractivity contribution < 1.29 is 14.3 Å². The molecule has 0 spiro atoms. The summed E-state index contributed by atoms with van der Waals surface area (Å²) in [5.41, 5.74) is -0.136. The van der Waals surface area contributed by atoms with Crippen LogP contribution in [0.15, 0.2) is 4.99 Å². The number of hydrogen-bond donors (Lipinski definition) is 1. The van der Waals surface area contributed by atoms with Gasteiger partial charge in [0, 0.05) is 4.88 Å². The van der Waals surface area contributed by atoms with Crippen LogP contribution in [0.5, 0.6) is 0 Å². The SMILES string of the molecule is O=C(O)Cc1sc(F)c(N=C=S)c1Cl. The van der Waals surface area contributed by atoms with Gasteiger partial charge in [0.2, 0.25) is 5.13 Å². The normalized spacial score (nSPS) is 9.57. The number of rotatable bonds is 3. The van der Waals surface area contributed by atoms with Crippen molar-refractivity contribution in [3.05, 3.63) is 15.0 Å². The summed E-state index contributed by atoms with van der Waals surface area (Å²) < 4.78 is 13.1. The number of aliphatic carboxylic acids is 1. The van der Waals surface area contributed by atoms with Gasteiger partial charge >= 0.3 is 5.97 Å². The van der Waals surface area contributed by atoms with E-state index in [0.29, 0.717) is 11.3 Å². The molecule has 1 heterocycles. The molecule has 1 rings (SSSR count). The number of thiophene rings is 1. The number of carbonyl (C=O) groups is 1. The maximum absolute atomic E-state index is 13.1. The third-order valence-electron chi connectivity index (χ3n) is 1.32. The molecule has 0 aliphatic heterocycles. The molecule has 0 fully saturated rings. The lowest BCUT2D eigenvalue weighted by molar-refractivity contribution is -0.136. The molecule has 1 aromatic heterocycles. The first-order valence-corrected chi connectivity index (χ1v) is 4.93. The molecule has 0 atom stereocenters. The number of carboxylic acids is 1. The van der Waals surface area contributed by atoms with Crippen molar-refractivity contribution >= 4 is 52.0 Å². The third kappa shape index (κ3) is 2.36. The summed E-state index contributed by atoms with van der Waals surface area (Å²) in [7, 11) is 0. The van der Waals surface area contributed by atoms with E-state index in [-0.39, 0.29) is 22.0 Å². The molecule has 0 saturated heterocycles. The number of aliphatic imine (C=N–C) groups is 1. The summed E-state index contributed by atoms with van der Waals surface area (Å²) in [6, 6.07) is 0. The van der Waals surface area contributed by atoms with E-state index in [1.165, 1.54) is 0 Å². The first kappa shape index (κ1) is 11.3. The quantitative estimate of drug-likeness (QED) is 0.664. The van der Waals surface area contributed by atoms with Crippen LogP contribution in [0.4, 0.5) is 10.1 Å². The number of carboxylic acid groups (broad SMARTS) is 1. The van der Waals surface area contributed by atoms with Gasteiger partial charge in [-0.05, 0) is 12.2 Å². The Morgan fingerprint density at radius 3 is 2.93 bits per heavy atom. The molecule has 1 N–H and O–H groups in total. The fourth-order valence-corrected chi connectivity index (χ4v) is 2.11. The van der Waals surface area contributed by atoms with E-state index in [2.05, 4.69) is 17.2 Å². The van der Waals surface area contributed by atoms with Gasteiger partial charge in [-0.1, -0.05) is 11.6 Å². The van der Waals surface area contributed by atoms with Crippen molar-refractivity contribution in [1.29, 1.82) is 0 Å². The highest BCUT2D eigenvalue weighted by Gasteiger charge is 2.17. The summed E-state index contributed by atoms with van der Waals surface area (Å²) in [5.74, 6) is -1.08. The second-order valence-corrected chi connectivity index (χ2v) is 3.85. The molecular weight excluding hydrogens is 249 g/mol. The van der Waals surface area contributed by atoms with Gasteiger partial charge in [-0.2, -0.15) is 9.38 Å². The fourth-order valence-electron chi connectivity index (χ4n) is 0.809. The molecule has 0 amide bonds. The molecule has 3 nitrogen and oxygen atoms in total. The Hall–Kier alpha value is -0.810. The van der Waals surface area contributed by atoms with Crippen molar-refractivity contribution in [1.82, 2.24) is 0 Å². The summed E-state index contributed by atoms with van der Waals surface area (Å²) >= 11 is 10.6. The minimum Gasteiger partial charge on any atom is -0.481 e. The molecule has 0 aliphatic rings. The molecular formula is C7H3ClFNO2S2. The first-order valence-electron chi connectivity index (χ1n) is 3.32. The number of thiocarbonyl (C=S) groups is 1. The van der Waals surface area contributed by atoms with Crippen molar-refractivity contribution in [2.75, 3.05) is 0 Å². The van der Waals surface area contributed by atoms with E-state index in [1.54, 1.807) is 0 Å². The Bertz CT molecular complexity index is 426. The molecule has 0 radical (unpaired) electrons. The number of nitrogens with zero attached hydrogens (tertiary/aromatic N) is 1. The second-order valence-electron chi connectivity index (χ2n) is 2.24. The number of hydrogen-bond acceptors (Lipinski definition) is 4. The molecule has 0 aliphatic carbocycles. The van der Waals surface area contributed by atoms with Gasteiger partial charge in [0.05, 0.1) is 16.6 Å². The van der Waals surface area contributed by atoms with Crippen LogP contribution in [0.3, 0.4) is 0 Å². The van der Waals surface area contributed by atoms with Crippen LogP contribution in [-0.2, 0) is 11.2 Å². The third-order valence-corrected chi connectivity index (χ3v) is 2.90. The van der Waals surface area contributed by atoms with Crippen LogP contribution in [0.1, 0.15) is 4.88 Å². The van der Waals surface area contributed by atoms with Crippen LogP contribution in [-0.4, -0.2) is 16.2 Å². The predicted molar refractivity (Wildman–Crippen MR) is 55.3 cm³/mol. The van der Waals surface area contributed by atoms with E-state index in [1.807, 2.05) is 5.16 Å². The van der Waals surface area contributed by atoms with Crippen molar-refractivity contribution in [3.63, 3.8) is 0 Å². The van der Waals surface area contributed by atoms with Gasteiger partial charge in [-0.3, -0.25) is 4.79 Å². The molecule has 1 aromatic rings. The van der Waals surface area contributed by atoms with E-state index >= 15 is 0 Å². The summed E-state index contributed by atoms with van der Waals surface area (Å²) in [6.07, 6.45) is -0.326. The minimum atomic E-state index is -1.08. The zero-order valence-electron chi connectivity index (χ0n) is 6.58. The Morgan fingerprint density at radius 1 is 1.79 bits per heavy atom. The summed E-state index contributed by atoms with van der Waals surface area (Å²) in [6.45, 7) is 0. The highest BCUT2D eigenvalue weighted by Crippen LogP contribution is 2.38. The van der Waals surface area contributed by atoms with Crippen LogP contribution in [0.25, 0.3) is 0 Å². The van der Waals surface area contributed by atoms with Crippen molar-refractivity contribution in [2.45, 2.75) is 6.42 Å². The first-order chi connectivity index (χ1) is 6.56. The van der Waals surface area contributed by atoms with Crippen molar-refractivity contribution in [2.24, 2.45) is 4.99 Å². The number of halogens is 2. The maximum Gasteiger partial charge on any atom is 0.308 e. The average molecular weight is 252 g/mol. The second kappa shape index (κ2) is 4.61. The molecule has 0 unspecified atom stereocenters. The van der Waals surface area contributed by atoms with Gasteiger partial charge in [-0.15, -0.1) is 11.3 Å². The van der Waals surface area contributed by atoms with Crippen LogP contribution in [0.2, 0.25) is 5.02 Å². The minimum absolute atomic E-state index is 0.00718. The van der Waals surface area contributed by atoms with E-state index in [0.717, 1.165) is 0 Å². The topological polar surface area (TPSA) is 49.7 Å². The lowest BCUT2D eigenvalue weighted by atomic mass is 10.3. The van der Waals surface area contributed by atoms with Gasteiger partial charge in [0.15, 0.2) is 0 Å². The van der Waals surface area contributed by atoms with E-state index in [4.69, 9.17) is 16.7 Å². The van der Waals surface area contributed by atoms with Gasteiger partial charge in [-0.25, -0.2) is 0 Å². The van der Waals surface area contributed by atoms with E-state index in [9.17, 15) is 9.18 Å². The molecule has 0 saturated carbocycles. The maximum atomic E-state index is 13.1. The molecule has 14 heavy (non-hydrogen) atoms. The van der Waals surface area contributed by atoms with Crippen molar-refractivity contribution in [3.8, 4) is 0 Å². The van der Waals surface area contributed by atoms with Crippen LogP contribution < -0.4 is 0 Å². The number of isothiocyanates is 1. The largest absolute Gasteiger partial charge is 0.481 e. The highest BCUT2D eigenvalue weighted by molar-refractivity contribution is 7.78. The van der Waals surface area contributed by atoms with Gasteiger partial charge in [0.1, 0.15) is 5.69 Å².